The monoisotopic (exact) mass is 447 g/mol. The summed E-state index contributed by atoms with van der Waals surface area (Å²) in [6.45, 7) is 15.6. The third-order valence-corrected chi connectivity index (χ3v) is 12.9. The third kappa shape index (κ3) is 4.03. The molecule has 6 nitrogen and oxygen atoms in total. The summed E-state index contributed by atoms with van der Waals surface area (Å²) in [5.41, 5.74) is 4.73. The predicted octanol–water partition coefficient (Wildman–Crippen LogP) is 5.15. The van der Waals surface area contributed by atoms with Crippen LogP contribution in [0.2, 0.25) is 16.6 Å². The highest BCUT2D eigenvalue weighted by molar-refractivity contribution is 6.78. The van der Waals surface area contributed by atoms with Crippen LogP contribution in [0.5, 0.6) is 5.75 Å². The van der Waals surface area contributed by atoms with E-state index >= 15 is 0 Å². The Kier molecular flexibility index (Phi) is 6.61. The Labute approximate surface area is 187 Å². The standard InChI is InChI=1S/C24H37NO5Si/c1-8-28-22(26)23(13-14-23)24(27)15-21(25-30-24)19-9-11-20(12-10-19)29-31(16(2)3,17(4)5)18(6)7/h9-12,15-18,25,27H,8,13-14H2,1-7H3. The second-order valence-corrected chi connectivity index (χ2v) is 15.1. The first-order chi connectivity index (χ1) is 14.5. The molecule has 3 rings (SSSR count). The summed E-state index contributed by atoms with van der Waals surface area (Å²) >= 11 is 0. The fourth-order valence-electron chi connectivity index (χ4n) is 5.13. The molecule has 0 aromatic heterocycles. The molecular weight excluding hydrogens is 410 g/mol. The van der Waals surface area contributed by atoms with Crippen molar-refractivity contribution in [3.05, 3.63) is 35.9 Å². The van der Waals surface area contributed by atoms with Gasteiger partial charge in [-0.3, -0.25) is 10.3 Å². The quantitative estimate of drug-likeness (QED) is 0.403. The highest BCUT2D eigenvalue weighted by Gasteiger charge is 2.67. The maximum Gasteiger partial charge on any atom is 0.318 e. The largest absolute Gasteiger partial charge is 0.543 e. The van der Waals surface area contributed by atoms with Crippen molar-refractivity contribution in [2.24, 2.45) is 5.41 Å². The van der Waals surface area contributed by atoms with Gasteiger partial charge in [-0.05, 0) is 60.7 Å². The molecule has 172 valence electrons. The number of rotatable bonds is 9. The van der Waals surface area contributed by atoms with Crippen LogP contribution in [0, 0.1) is 5.41 Å². The number of nitrogens with one attached hydrogen (secondary N) is 1. The molecule has 1 aromatic rings. The van der Waals surface area contributed by atoms with E-state index in [0.717, 1.165) is 11.3 Å². The summed E-state index contributed by atoms with van der Waals surface area (Å²) in [6.07, 6.45) is 2.65. The van der Waals surface area contributed by atoms with Crippen molar-refractivity contribution in [1.82, 2.24) is 5.48 Å². The molecule has 1 aliphatic heterocycles. The Hall–Kier alpha value is -1.83. The maximum atomic E-state index is 12.4. The van der Waals surface area contributed by atoms with E-state index in [0.29, 0.717) is 35.2 Å². The first kappa shape index (κ1) is 23.8. The summed E-state index contributed by atoms with van der Waals surface area (Å²) in [5.74, 6) is -1.26. The lowest BCUT2D eigenvalue weighted by Gasteiger charge is -2.42. The Bertz CT molecular complexity index is 807. The van der Waals surface area contributed by atoms with Gasteiger partial charge in [0.05, 0.1) is 12.3 Å². The number of hydroxylamine groups is 1. The van der Waals surface area contributed by atoms with Gasteiger partial charge >= 0.3 is 5.97 Å². The van der Waals surface area contributed by atoms with Gasteiger partial charge in [0.25, 0.3) is 8.32 Å². The van der Waals surface area contributed by atoms with Crippen molar-refractivity contribution < 1.29 is 23.9 Å². The number of hydrogen-bond donors (Lipinski definition) is 2. The van der Waals surface area contributed by atoms with Crippen LogP contribution in [0.4, 0.5) is 0 Å². The number of hydrogen-bond acceptors (Lipinski definition) is 6. The topological polar surface area (TPSA) is 77.0 Å². The molecule has 1 fully saturated rings. The highest BCUT2D eigenvalue weighted by atomic mass is 28.4. The molecule has 1 unspecified atom stereocenters. The molecule has 2 aliphatic rings. The normalized spacial score (nSPS) is 22.5. The number of benzene rings is 1. The molecule has 0 amide bonds. The van der Waals surface area contributed by atoms with E-state index in [1.807, 2.05) is 24.3 Å². The zero-order valence-electron chi connectivity index (χ0n) is 19.8. The van der Waals surface area contributed by atoms with Gasteiger partial charge in [0.2, 0.25) is 5.79 Å². The SMILES string of the molecule is CCOC(=O)C1(C2(O)C=C(c3ccc(O[Si](C(C)C)(C(C)C)C(C)C)cc3)NO2)CC1. The second kappa shape index (κ2) is 8.60. The zero-order valence-corrected chi connectivity index (χ0v) is 20.8. The van der Waals surface area contributed by atoms with Gasteiger partial charge in [0.15, 0.2) is 0 Å². The first-order valence-corrected chi connectivity index (χ1v) is 13.5. The molecule has 1 saturated carbocycles. The minimum atomic E-state index is -2.02. The van der Waals surface area contributed by atoms with Gasteiger partial charge in [-0.1, -0.05) is 41.5 Å². The van der Waals surface area contributed by atoms with Gasteiger partial charge in [0, 0.05) is 11.6 Å². The highest BCUT2D eigenvalue weighted by Crippen LogP contribution is 2.57. The molecule has 0 spiro atoms. The number of aliphatic hydroxyl groups is 1. The number of carbonyl (C=O) groups excluding carboxylic acids is 1. The van der Waals surface area contributed by atoms with E-state index in [-0.39, 0.29) is 6.61 Å². The van der Waals surface area contributed by atoms with E-state index in [9.17, 15) is 9.90 Å². The fraction of sp³-hybridized carbons (Fsp3) is 0.625. The second-order valence-electron chi connectivity index (χ2n) is 9.71. The first-order valence-electron chi connectivity index (χ1n) is 11.4. The van der Waals surface area contributed by atoms with Crippen LogP contribution in [0.3, 0.4) is 0 Å². The molecular formula is C24H37NO5Si. The average molecular weight is 448 g/mol. The van der Waals surface area contributed by atoms with Gasteiger partial charge in [-0.15, -0.1) is 0 Å². The molecule has 0 saturated heterocycles. The summed E-state index contributed by atoms with van der Waals surface area (Å²) in [5, 5.41) is 11.0. The number of esters is 1. The van der Waals surface area contributed by atoms with Crippen LogP contribution in [-0.2, 0) is 14.4 Å². The van der Waals surface area contributed by atoms with Gasteiger partial charge in [-0.25, -0.2) is 4.84 Å². The summed E-state index contributed by atoms with van der Waals surface area (Å²) in [4.78, 5) is 17.9. The molecule has 0 radical (unpaired) electrons. The van der Waals surface area contributed by atoms with E-state index in [1.54, 1.807) is 13.0 Å². The average Bonchev–Trinajstić information content (AvgIpc) is 3.44. The fourth-order valence-corrected chi connectivity index (χ4v) is 10.4. The van der Waals surface area contributed by atoms with Crippen LogP contribution < -0.4 is 9.91 Å². The summed E-state index contributed by atoms with van der Waals surface area (Å²) in [6, 6.07) is 7.85. The van der Waals surface area contributed by atoms with Crippen LogP contribution in [0.25, 0.3) is 5.70 Å². The number of carbonyl (C=O) groups is 1. The van der Waals surface area contributed by atoms with Gasteiger partial charge < -0.3 is 14.3 Å². The van der Waals surface area contributed by atoms with Crippen LogP contribution in [0.1, 0.15) is 66.9 Å². The molecule has 1 heterocycles. The Balaban J connectivity index is 1.81. The van der Waals surface area contributed by atoms with Crippen LogP contribution in [0.15, 0.2) is 30.3 Å². The van der Waals surface area contributed by atoms with Crippen molar-refractivity contribution >= 4 is 20.0 Å². The lowest BCUT2D eigenvalue weighted by atomic mass is 9.94. The zero-order chi connectivity index (χ0) is 23.0. The van der Waals surface area contributed by atoms with Gasteiger partial charge in [0.1, 0.15) is 11.2 Å². The Morgan fingerprint density at radius 3 is 2.10 bits per heavy atom. The molecule has 1 aromatic carbocycles. The molecule has 0 bridgehead atoms. The lowest BCUT2D eigenvalue weighted by Crippen LogP contribution is -2.50. The summed E-state index contributed by atoms with van der Waals surface area (Å²) in [7, 11) is -2.02. The molecule has 2 N–H and O–H groups in total. The Morgan fingerprint density at radius 2 is 1.65 bits per heavy atom. The molecule has 1 atom stereocenters. The van der Waals surface area contributed by atoms with E-state index < -0.39 is 25.5 Å². The Morgan fingerprint density at radius 1 is 1.10 bits per heavy atom. The van der Waals surface area contributed by atoms with E-state index in [2.05, 4.69) is 47.0 Å². The summed E-state index contributed by atoms with van der Waals surface area (Å²) < 4.78 is 11.9. The van der Waals surface area contributed by atoms with E-state index in [1.165, 1.54) is 0 Å². The van der Waals surface area contributed by atoms with Crippen molar-refractivity contribution in [3.63, 3.8) is 0 Å². The van der Waals surface area contributed by atoms with Crippen LogP contribution >= 0.6 is 0 Å². The smallest absolute Gasteiger partial charge is 0.318 e. The molecule has 1 aliphatic carbocycles. The molecule has 31 heavy (non-hydrogen) atoms. The maximum absolute atomic E-state index is 12.4. The van der Waals surface area contributed by atoms with Crippen molar-refractivity contribution in [1.29, 1.82) is 0 Å². The number of ether oxygens (including phenoxy) is 1. The minimum absolute atomic E-state index is 0.274. The minimum Gasteiger partial charge on any atom is -0.543 e. The van der Waals surface area contributed by atoms with E-state index in [4.69, 9.17) is 14.0 Å². The third-order valence-electron chi connectivity index (χ3n) is 6.93. The van der Waals surface area contributed by atoms with Gasteiger partial charge in [-0.2, -0.15) is 0 Å². The van der Waals surface area contributed by atoms with Crippen molar-refractivity contribution in [3.8, 4) is 5.75 Å². The lowest BCUT2D eigenvalue weighted by molar-refractivity contribution is -0.229. The molecule has 7 heteroatoms. The van der Waals surface area contributed by atoms with Crippen LogP contribution in [-0.4, -0.2) is 31.8 Å². The predicted molar refractivity (Wildman–Crippen MR) is 124 cm³/mol. The van der Waals surface area contributed by atoms with Crippen molar-refractivity contribution in [2.45, 2.75) is 83.7 Å². The van der Waals surface area contributed by atoms with Crippen molar-refractivity contribution in [2.75, 3.05) is 6.61 Å².